The molecule has 0 saturated carbocycles. The Labute approximate surface area is 192 Å². The number of nitrogens with zero attached hydrogens (tertiary/aromatic N) is 3. The van der Waals surface area contributed by atoms with Gasteiger partial charge in [-0.05, 0) is 30.0 Å². The summed E-state index contributed by atoms with van der Waals surface area (Å²) < 4.78 is 16.7. The molecule has 32 heavy (non-hydrogen) atoms. The van der Waals surface area contributed by atoms with Gasteiger partial charge in [0.05, 0.1) is 31.6 Å². The normalized spacial score (nSPS) is 11.8. The Hall–Kier alpha value is -3.36. The van der Waals surface area contributed by atoms with Gasteiger partial charge in [0.2, 0.25) is 0 Å². The van der Waals surface area contributed by atoms with Gasteiger partial charge < -0.3 is 25.7 Å². The van der Waals surface area contributed by atoms with Gasteiger partial charge in [-0.3, -0.25) is 9.97 Å². The summed E-state index contributed by atoms with van der Waals surface area (Å²) in [5, 5.41) is 2.56. The SMILES string of the molecule is CC[C@H](N)COc1cncc(-c2cc3c(cnc4cc(OC)c(OC)cc43)c(N)n2)c1.Cl. The van der Waals surface area contributed by atoms with Crippen molar-refractivity contribution in [1.29, 1.82) is 0 Å². The average Bonchev–Trinajstić information content (AvgIpc) is 2.81. The maximum Gasteiger partial charge on any atom is 0.162 e. The summed E-state index contributed by atoms with van der Waals surface area (Å²) in [6, 6.07) is 7.58. The Morgan fingerprint density at radius 3 is 2.41 bits per heavy atom. The number of hydrogen-bond acceptors (Lipinski definition) is 8. The van der Waals surface area contributed by atoms with E-state index < -0.39 is 0 Å². The van der Waals surface area contributed by atoms with Crippen LogP contribution in [0.5, 0.6) is 17.2 Å². The molecule has 3 heterocycles. The summed E-state index contributed by atoms with van der Waals surface area (Å²) >= 11 is 0. The number of halogens is 1. The van der Waals surface area contributed by atoms with Crippen molar-refractivity contribution in [3.8, 4) is 28.5 Å². The van der Waals surface area contributed by atoms with Crippen LogP contribution in [0.15, 0.2) is 42.9 Å². The van der Waals surface area contributed by atoms with Crippen LogP contribution >= 0.6 is 12.4 Å². The summed E-state index contributed by atoms with van der Waals surface area (Å²) in [4.78, 5) is 13.4. The second-order valence-corrected chi connectivity index (χ2v) is 7.23. The maximum atomic E-state index is 6.29. The Kier molecular flexibility index (Phi) is 7.17. The number of rotatable bonds is 7. The van der Waals surface area contributed by atoms with Gasteiger partial charge in [0, 0.05) is 40.8 Å². The van der Waals surface area contributed by atoms with Crippen LogP contribution in [0.3, 0.4) is 0 Å². The van der Waals surface area contributed by atoms with E-state index >= 15 is 0 Å². The van der Waals surface area contributed by atoms with E-state index in [4.69, 9.17) is 25.7 Å². The number of ether oxygens (including phenoxy) is 3. The fraction of sp³-hybridized carbons (Fsp3) is 0.261. The van der Waals surface area contributed by atoms with Gasteiger partial charge in [-0.15, -0.1) is 12.4 Å². The fourth-order valence-electron chi connectivity index (χ4n) is 3.36. The highest BCUT2D eigenvalue weighted by Crippen LogP contribution is 2.37. The van der Waals surface area contributed by atoms with E-state index in [0.717, 1.165) is 33.7 Å². The number of pyridine rings is 3. The monoisotopic (exact) mass is 455 g/mol. The van der Waals surface area contributed by atoms with E-state index in [1.54, 1.807) is 32.8 Å². The van der Waals surface area contributed by atoms with Crippen LogP contribution in [0.4, 0.5) is 5.82 Å². The van der Waals surface area contributed by atoms with Crippen molar-refractivity contribution in [2.24, 2.45) is 5.73 Å². The van der Waals surface area contributed by atoms with Crippen LogP contribution in [0.1, 0.15) is 13.3 Å². The van der Waals surface area contributed by atoms with Crippen LogP contribution in [-0.4, -0.2) is 41.8 Å². The molecule has 0 saturated heterocycles. The predicted molar refractivity (Wildman–Crippen MR) is 129 cm³/mol. The zero-order valence-corrected chi connectivity index (χ0v) is 19.0. The first-order chi connectivity index (χ1) is 15.0. The lowest BCUT2D eigenvalue weighted by Gasteiger charge is -2.13. The Bertz CT molecular complexity index is 1250. The molecule has 4 rings (SSSR count). The first-order valence-electron chi connectivity index (χ1n) is 9.98. The standard InChI is InChI=1S/C23H25N5O3.ClH/c1-4-14(24)12-31-15-5-13(9-26-10-15)19-6-16-17-7-21(29-2)22(30-3)8-20(17)27-11-18(16)23(25)28-19;/h5-11,14H,4,12,24H2,1-3H3,(H2,25,28);1H/t14-;/m0./s1. The lowest BCUT2D eigenvalue weighted by molar-refractivity contribution is 0.284. The van der Waals surface area contributed by atoms with Crippen molar-refractivity contribution < 1.29 is 14.2 Å². The molecular formula is C23H26ClN5O3. The Morgan fingerprint density at radius 1 is 0.938 bits per heavy atom. The van der Waals surface area contributed by atoms with Gasteiger partial charge in [0.1, 0.15) is 18.2 Å². The van der Waals surface area contributed by atoms with Gasteiger partial charge in [-0.1, -0.05) is 6.92 Å². The van der Waals surface area contributed by atoms with E-state index in [9.17, 15) is 0 Å². The minimum Gasteiger partial charge on any atom is -0.493 e. The number of nitrogen functional groups attached to an aromatic ring is 1. The molecule has 0 amide bonds. The van der Waals surface area contributed by atoms with Crippen molar-refractivity contribution in [3.63, 3.8) is 0 Å². The fourth-order valence-corrected chi connectivity index (χ4v) is 3.36. The lowest BCUT2D eigenvalue weighted by Crippen LogP contribution is -2.26. The van der Waals surface area contributed by atoms with E-state index in [1.165, 1.54) is 0 Å². The molecule has 8 nitrogen and oxygen atoms in total. The molecule has 1 atom stereocenters. The number of hydrogen-bond donors (Lipinski definition) is 2. The van der Waals surface area contributed by atoms with Crippen molar-refractivity contribution in [3.05, 3.63) is 42.9 Å². The molecule has 0 aliphatic heterocycles. The molecule has 4 N–H and O–H groups in total. The molecule has 9 heteroatoms. The average molecular weight is 456 g/mol. The third kappa shape index (κ3) is 4.46. The van der Waals surface area contributed by atoms with Gasteiger partial charge in [-0.25, -0.2) is 4.98 Å². The van der Waals surface area contributed by atoms with Crippen molar-refractivity contribution >= 4 is 39.9 Å². The molecule has 0 radical (unpaired) electrons. The smallest absolute Gasteiger partial charge is 0.162 e. The molecular weight excluding hydrogens is 430 g/mol. The van der Waals surface area contributed by atoms with Gasteiger partial charge in [0.25, 0.3) is 0 Å². The molecule has 0 fully saturated rings. The topological polar surface area (TPSA) is 118 Å². The number of fused-ring (bicyclic) bond motifs is 3. The number of aromatic nitrogens is 3. The minimum absolute atomic E-state index is 0. The van der Waals surface area contributed by atoms with E-state index in [-0.39, 0.29) is 18.4 Å². The molecule has 1 aromatic carbocycles. The number of benzene rings is 1. The number of methoxy groups -OCH3 is 2. The van der Waals surface area contributed by atoms with Crippen LogP contribution in [0.2, 0.25) is 0 Å². The van der Waals surface area contributed by atoms with Crippen LogP contribution in [0, 0.1) is 0 Å². The quantitative estimate of drug-likeness (QED) is 0.401. The van der Waals surface area contributed by atoms with Gasteiger partial charge >= 0.3 is 0 Å². The van der Waals surface area contributed by atoms with Gasteiger partial charge in [0.15, 0.2) is 11.5 Å². The molecule has 3 aromatic heterocycles. The van der Waals surface area contributed by atoms with E-state index in [0.29, 0.717) is 35.4 Å². The molecule has 0 aliphatic carbocycles. The van der Waals surface area contributed by atoms with Crippen LogP contribution in [-0.2, 0) is 0 Å². The zero-order valence-electron chi connectivity index (χ0n) is 18.2. The van der Waals surface area contributed by atoms with E-state index in [2.05, 4.69) is 15.0 Å². The molecule has 0 unspecified atom stereocenters. The van der Waals surface area contributed by atoms with Gasteiger partial charge in [-0.2, -0.15) is 0 Å². The highest BCUT2D eigenvalue weighted by molar-refractivity contribution is 6.10. The third-order valence-corrected chi connectivity index (χ3v) is 5.21. The number of anilines is 1. The molecule has 4 aromatic rings. The van der Waals surface area contributed by atoms with E-state index in [1.807, 2.05) is 31.2 Å². The highest BCUT2D eigenvalue weighted by atomic mass is 35.5. The largest absolute Gasteiger partial charge is 0.493 e. The second kappa shape index (κ2) is 9.84. The van der Waals surface area contributed by atoms with Crippen LogP contribution in [0.25, 0.3) is 32.9 Å². The lowest BCUT2D eigenvalue weighted by atomic mass is 10.0. The second-order valence-electron chi connectivity index (χ2n) is 7.23. The van der Waals surface area contributed by atoms with Crippen molar-refractivity contribution in [2.45, 2.75) is 19.4 Å². The summed E-state index contributed by atoms with van der Waals surface area (Å²) in [5.74, 6) is 2.25. The molecule has 168 valence electrons. The summed E-state index contributed by atoms with van der Waals surface area (Å²) in [6.07, 6.45) is 5.95. The number of nitrogens with two attached hydrogens (primary N) is 2. The molecule has 0 bridgehead atoms. The van der Waals surface area contributed by atoms with Crippen LogP contribution < -0.4 is 25.7 Å². The van der Waals surface area contributed by atoms with Crippen molar-refractivity contribution in [2.75, 3.05) is 26.6 Å². The Morgan fingerprint density at radius 2 is 1.69 bits per heavy atom. The molecule has 0 aliphatic rings. The zero-order chi connectivity index (χ0) is 22.0. The first-order valence-corrected chi connectivity index (χ1v) is 9.98. The Balaban J connectivity index is 0.00000289. The van der Waals surface area contributed by atoms with Crippen molar-refractivity contribution in [1.82, 2.24) is 15.0 Å². The minimum atomic E-state index is -0.0241. The maximum absolute atomic E-state index is 6.29. The summed E-state index contributed by atoms with van der Waals surface area (Å²) in [5.41, 5.74) is 14.5. The first kappa shape index (κ1) is 23.3. The third-order valence-electron chi connectivity index (χ3n) is 5.21. The summed E-state index contributed by atoms with van der Waals surface area (Å²) in [7, 11) is 3.20. The predicted octanol–water partition coefficient (Wildman–Crippen LogP) is 3.98. The highest BCUT2D eigenvalue weighted by Gasteiger charge is 2.14. The molecule has 0 spiro atoms. The summed E-state index contributed by atoms with van der Waals surface area (Å²) in [6.45, 7) is 2.45.